The molecule has 1 aromatic carbocycles. The van der Waals surface area contributed by atoms with Crippen LogP contribution in [0.2, 0.25) is 0 Å². The maximum atomic E-state index is 12.2. The predicted molar refractivity (Wildman–Crippen MR) is 110 cm³/mol. The number of benzene rings is 1. The highest BCUT2D eigenvalue weighted by Gasteiger charge is 2.21. The van der Waals surface area contributed by atoms with Crippen LogP contribution in [0.15, 0.2) is 18.2 Å². The third-order valence-corrected chi connectivity index (χ3v) is 3.76. The summed E-state index contributed by atoms with van der Waals surface area (Å²) in [7, 11) is 0. The van der Waals surface area contributed by atoms with Crippen LogP contribution in [-0.2, 0) is 35.0 Å². The Morgan fingerprint density at radius 1 is 0.906 bits per heavy atom. The van der Waals surface area contributed by atoms with Gasteiger partial charge in [0.15, 0.2) is 11.5 Å². The highest BCUT2D eigenvalue weighted by molar-refractivity contribution is 5.76. The quantitative estimate of drug-likeness (QED) is 0.298. The predicted octanol–water partition coefficient (Wildman–Crippen LogP) is 2.51. The van der Waals surface area contributed by atoms with Crippen molar-refractivity contribution in [3.8, 4) is 11.5 Å². The molecule has 0 heterocycles. The normalized spacial score (nSPS) is 12.2. The van der Waals surface area contributed by atoms with Gasteiger partial charge in [-0.25, -0.2) is 9.59 Å². The summed E-state index contributed by atoms with van der Waals surface area (Å²) in [5.74, 6) is -1.31. The summed E-state index contributed by atoms with van der Waals surface area (Å²) < 4.78 is 29.6. The van der Waals surface area contributed by atoms with Crippen LogP contribution in [0, 0.1) is 0 Å². The van der Waals surface area contributed by atoms with E-state index in [0.717, 1.165) is 0 Å². The van der Waals surface area contributed by atoms with Gasteiger partial charge in [0.1, 0.15) is 18.8 Å². The molecule has 1 aromatic rings. The second-order valence-electron chi connectivity index (χ2n) is 6.45. The molecule has 0 spiro atoms. The number of carbonyl (C=O) groups excluding carboxylic acids is 4. The third-order valence-electron chi connectivity index (χ3n) is 3.76. The van der Waals surface area contributed by atoms with Gasteiger partial charge in [-0.05, 0) is 44.9 Å². The maximum absolute atomic E-state index is 12.2. The average molecular weight is 455 g/mol. The Bertz CT molecular complexity index is 795. The van der Waals surface area contributed by atoms with Crippen molar-refractivity contribution >= 4 is 24.2 Å². The van der Waals surface area contributed by atoms with Crippen LogP contribution < -0.4 is 15.2 Å². The number of ether oxygens (including phenoxy) is 6. The molecule has 32 heavy (non-hydrogen) atoms. The zero-order chi connectivity index (χ0) is 24.1. The van der Waals surface area contributed by atoms with E-state index >= 15 is 0 Å². The summed E-state index contributed by atoms with van der Waals surface area (Å²) in [6.45, 7) is 6.49. The van der Waals surface area contributed by atoms with E-state index in [2.05, 4.69) is 0 Å². The number of hydrogen-bond acceptors (Lipinski definition) is 11. The molecule has 11 nitrogen and oxygen atoms in total. The number of rotatable bonds is 11. The van der Waals surface area contributed by atoms with Gasteiger partial charge in [0, 0.05) is 6.42 Å². The smallest absolute Gasteiger partial charge is 0.461 e. The summed E-state index contributed by atoms with van der Waals surface area (Å²) in [5.41, 5.74) is 6.40. The monoisotopic (exact) mass is 455 g/mol. The molecule has 0 bridgehead atoms. The Hall–Kier alpha value is -3.34. The number of hydrogen-bond donors (Lipinski definition) is 1. The van der Waals surface area contributed by atoms with Crippen molar-refractivity contribution in [2.24, 2.45) is 5.73 Å². The van der Waals surface area contributed by atoms with E-state index in [4.69, 9.17) is 34.2 Å². The van der Waals surface area contributed by atoms with Gasteiger partial charge >= 0.3 is 24.2 Å². The minimum Gasteiger partial charge on any atom is -0.461 e. The first-order valence-corrected chi connectivity index (χ1v) is 10.1. The summed E-state index contributed by atoms with van der Waals surface area (Å²) >= 11 is 0. The van der Waals surface area contributed by atoms with E-state index < -0.39 is 36.4 Å². The van der Waals surface area contributed by atoms with Crippen LogP contribution in [0.5, 0.6) is 11.5 Å². The van der Waals surface area contributed by atoms with Gasteiger partial charge in [0.05, 0.1) is 13.2 Å². The topological polar surface area (TPSA) is 150 Å². The van der Waals surface area contributed by atoms with Gasteiger partial charge in [0.2, 0.25) is 0 Å². The van der Waals surface area contributed by atoms with E-state index in [1.165, 1.54) is 18.2 Å². The van der Waals surface area contributed by atoms with Crippen molar-refractivity contribution < 1.29 is 47.6 Å². The van der Waals surface area contributed by atoms with Crippen LogP contribution in [0.3, 0.4) is 0 Å². The molecule has 0 unspecified atom stereocenters. The lowest BCUT2D eigenvalue weighted by atomic mass is 10.1. The van der Waals surface area contributed by atoms with Crippen molar-refractivity contribution in [2.45, 2.75) is 52.7 Å². The van der Waals surface area contributed by atoms with Gasteiger partial charge in [-0.1, -0.05) is 13.0 Å². The first kappa shape index (κ1) is 26.7. The molecule has 2 N–H and O–H groups in total. The first-order chi connectivity index (χ1) is 15.2. The third kappa shape index (κ3) is 9.65. The van der Waals surface area contributed by atoms with Gasteiger partial charge in [-0.2, -0.15) is 0 Å². The van der Waals surface area contributed by atoms with E-state index in [9.17, 15) is 19.2 Å². The number of carbonyl (C=O) groups is 4. The van der Waals surface area contributed by atoms with Gasteiger partial charge in [-0.15, -0.1) is 0 Å². The van der Waals surface area contributed by atoms with Crippen molar-refractivity contribution in [1.82, 2.24) is 0 Å². The molecular formula is C21H29NO10. The Balaban J connectivity index is 2.83. The highest BCUT2D eigenvalue weighted by Crippen LogP contribution is 2.30. The summed E-state index contributed by atoms with van der Waals surface area (Å²) in [4.78, 5) is 46.7. The standard InChI is InChI=1S/C21H29NO10/c1-5-18(23)30-13(4)12-29-19(24)15(22)10-14-8-9-16(31-20(25)27-6-2)17(11-14)32-21(26)28-7-3/h8-9,11,13,15H,5-7,10,12,22H2,1-4H3/t13-,15-/m0/s1. The second kappa shape index (κ2) is 13.9. The molecule has 1 rings (SSSR count). The van der Waals surface area contributed by atoms with E-state index in [1.807, 2.05) is 0 Å². The molecule has 0 saturated carbocycles. The molecule has 0 radical (unpaired) electrons. The maximum Gasteiger partial charge on any atom is 0.513 e. The van der Waals surface area contributed by atoms with E-state index in [0.29, 0.717) is 5.56 Å². The largest absolute Gasteiger partial charge is 0.513 e. The molecule has 0 amide bonds. The Labute approximate surface area is 186 Å². The van der Waals surface area contributed by atoms with E-state index in [1.54, 1.807) is 27.7 Å². The summed E-state index contributed by atoms with van der Waals surface area (Å²) in [6.07, 6.45) is -2.35. The van der Waals surface area contributed by atoms with Crippen LogP contribution in [0.25, 0.3) is 0 Å². The SMILES string of the molecule is CCOC(=O)Oc1ccc(C[C@H](N)C(=O)OC[C@H](C)OC(=O)CC)cc1OC(=O)OCC. The first-order valence-electron chi connectivity index (χ1n) is 10.1. The van der Waals surface area contributed by atoms with Crippen LogP contribution >= 0.6 is 0 Å². The van der Waals surface area contributed by atoms with Crippen molar-refractivity contribution in [3.05, 3.63) is 23.8 Å². The Morgan fingerprint density at radius 2 is 1.50 bits per heavy atom. The van der Waals surface area contributed by atoms with Crippen LogP contribution in [0.1, 0.15) is 39.7 Å². The summed E-state index contributed by atoms with van der Waals surface area (Å²) in [5, 5.41) is 0. The van der Waals surface area contributed by atoms with Gasteiger partial charge in [0.25, 0.3) is 0 Å². The lowest BCUT2D eigenvalue weighted by Gasteiger charge is -2.16. The lowest BCUT2D eigenvalue weighted by Crippen LogP contribution is -2.36. The molecule has 11 heteroatoms. The molecule has 178 valence electrons. The fourth-order valence-electron chi connectivity index (χ4n) is 2.30. The molecule has 0 aliphatic rings. The zero-order valence-electron chi connectivity index (χ0n) is 18.6. The molecule has 0 aliphatic heterocycles. The minimum atomic E-state index is -1.05. The van der Waals surface area contributed by atoms with Crippen LogP contribution in [-0.4, -0.2) is 56.2 Å². The minimum absolute atomic E-state index is 0.0286. The number of nitrogens with two attached hydrogens (primary N) is 1. The molecule has 0 aromatic heterocycles. The van der Waals surface area contributed by atoms with E-state index in [-0.39, 0.29) is 44.2 Å². The Kier molecular flexibility index (Phi) is 11.6. The molecule has 0 saturated heterocycles. The molecule has 0 aliphatic carbocycles. The van der Waals surface area contributed by atoms with Crippen molar-refractivity contribution in [3.63, 3.8) is 0 Å². The lowest BCUT2D eigenvalue weighted by molar-refractivity contribution is -0.158. The highest BCUT2D eigenvalue weighted by atomic mass is 16.7. The average Bonchev–Trinajstić information content (AvgIpc) is 2.74. The van der Waals surface area contributed by atoms with Gasteiger partial charge < -0.3 is 34.2 Å². The van der Waals surface area contributed by atoms with Crippen LogP contribution in [0.4, 0.5) is 9.59 Å². The van der Waals surface area contributed by atoms with Crippen molar-refractivity contribution in [1.29, 1.82) is 0 Å². The fraction of sp³-hybridized carbons (Fsp3) is 0.524. The zero-order valence-corrected chi connectivity index (χ0v) is 18.6. The molecule has 2 atom stereocenters. The fourth-order valence-corrected chi connectivity index (χ4v) is 2.30. The van der Waals surface area contributed by atoms with Crippen molar-refractivity contribution in [2.75, 3.05) is 19.8 Å². The molecular weight excluding hydrogens is 426 g/mol. The summed E-state index contributed by atoms with van der Waals surface area (Å²) in [6, 6.07) is 3.23. The second-order valence-corrected chi connectivity index (χ2v) is 6.45. The molecule has 0 fully saturated rings. The number of esters is 2. The van der Waals surface area contributed by atoms with Gasteiger partial charge in [-0.3, -0.25) is 9.59 Å². The Morgan fingerprint density at radius 3 is 2.06 bits per heavy atom.